The lowest BCUT2D eigenvalue weighted by Gasteiger charge is -2.19. The molecule has 0 unspecified atom stereocenters. The summed E-state index contributed by atoms with van der Waals surface area (Å²) in [6.07, 6.45) is 1.10. The molecule has 3 heterocycles. The zero-order valence-corrected chi connectivity index (χ0v) is 13.3. The number of carbonyl (C=O) groups excluding carboxylic acids is 1. The third-order valence-corrected chi connectivity index (χ3v) is 4.87. The van der Waals surface area contributed by atoms with E-state index in [9.17, 15) is 13.2 Å². The molecule has 0 saturated carbocycles. The topological polar surface area (TPSA) is 102 Å². The molecule has 1 amide bonds. The number of nitrogens with one attached hydrogen (secondary N) is 1. The molecule has 22 heavy (non-hydrogen) atoms. The largest absolute Gasteiger partial charge is 0.376 e. The summed E-state index contributed by atoms with van der Waals surface area (Å²) >= 11 is 0. The molecule has 0 aliphatic carbocycles. The van der Waals surface area contributed by atoms with Crippen molar-refractivity contribution in [3.8, 4) is 0 Å². The molecule has 3 rings (SSSR count). The van der Waals surface area contributed by atoms with Crippen LogP contribution in [-0.2, 0) is 14.8 Å². The van der Waals surface area contributed by atoms with E-state index < -0.39 is 10.0 Å². The molecule has 2 saturated heterocycles. The number of sulfonamides is 1. The van der Waals surface area contributed by atoms with Crippen molar-refractivity contribution < 1.29 is 22.5 Å². The number of carbonyl (C=O) groups is 1. The number of aryl methyl sites for hydroxylation is 1. The number of nitrogens with zero attached hydrogens (tertiary/aromatic N) is 2. The van der Waals surface area contributed by atoms with Gasteiger partial charge in [0.25, 0.3) is 5.91 Å². The molecule has 1 aromatic heterocycles. The van der Waals surface area contributed by atoms with E-state index in [0.717, 1.165) is 6.26 Å². The van der Waals surface area contributed by atoms with Crippen molar-refractivity contribution >= 4 is 15.9 Å². The summed E-state index contributed by atoms with van der Waals surface area (Å²) in [7, 11) is -3.22. The first-order valence-electron chi connectivity index (χ1n) is 7.12. The first-order valence-corrected chi connectivity index (χ1v) is 9.01. The van der Waals surface area contributed by atoms with Gasteiger partial charge < -0.3 is 14.2 Å². The Morgan fingerprint density at radius 1 is 1.50 bits per heavy atom. The highest BCUT2D eigenvalue weighted by atomic mass is 32.2. The summed E-state index contributed by atoms with van der Waals surface area (Å²) in [4.78, 5) is 14.0. The Morgan fingerprint density at radius 2 is 2.27 bits per heavy atom. The summed E-state index contributed by atoms with van der Waals surface area (Å²) in [6.45, 7) is 3.64. The van der Waals surface area contributed by atoms with Gasteiger partial charge in [-0.2, -0.15) is 0 Å². The fourth-order valence-electron chi connectivity index (χ4n) is 3.06. The zero-order valence-electron chi connectivity index (χ0n) is 12.5. The number of amides is 1. The third kappa shape index (κ3) is 3.16. The molecular weight excluding hydrogens is 310 g/mol. The van der Waals surface area contributed by atoms with Gasteiger partial charge in [-0.1, -0.05) is 5.16 Å². The number of hydrogen-bond acceptors (Lipinski definition) is 6. The van der Waals surface area contributed by atoms with Crippen molar-refractivity contribution in [2.24, 2.45) is 11.8 Å². The fourth-order valence-corrected chi connectivity index (χ4v) is 3.58. The van der Waals surface area contributed by atoms with Gasteiger partial charge in [-0.15, -0.1) is 0 Å². The third-order valence-electron chi connectivity index (χ3n) is 4.18. The lowest BCUT2D eigenvalue weighted by atomic mass is 9.93. The van der Waals surface area contributed by atoms with Gasteiger partial charge in [0, 0.05) is 37.5 Å². The van der Waals surface area contributed by atoms with Crippen LogP contribution in [0.5, 0.6) is 0 Å². The standard InChI is InChI=1S/C13H19N3O5S/c1-8-3-11(15-21-8)13(17)16-5-10-9(4-14-22(2,18)19)7-20-12(10)6-16/h3,9-10,12,14H,4-7H2,1-2H3/t9-,10+,12+/m0/s1. The summed E-state index contributed by atoms with van der Waals surface area (Å²) in [5.41, 5.74) is 0.295. The molecule has 1 N–H and O–H groups in total. The number of fused-ring (bicyclic) bond motifs is 1. The maximum atomic E-state index is 12.4. The van der Waals surface area contributed by atoms with Gasteiger partial charge in [0.05, 0.1) is 19.0 Å². The monoisotopic (exact) mass is 329 g/mol. The molecule has 3 atom stereocenters. The number of rotatable bonds is 4. The van der Waals surface area contributed by atoms with Gasteiger partial charge in [0.2, 0.25) is 10.0 Å². The van der Waals surface area contributed by atoms with Gasteiger partial charge in [-0.3, -0.25) is 4.79 Å². The first-order chi connectivity index (χ1) is 10.3. The van der Waals surface area contributed by atoms with Crippen LogP contribution in [0.25, 0.3) is 0 Å². The number of aromatic nitrogens is 1. The molecule has 0 bridgehead atoms. The quantitative estimate of drug-likeness (QED) is 0.808. The van der Waals surface area contributed by atoms with Crippen LogP contribution in [0.15, 0.2) is 10.6 Å². The Morgan fingerprint density at radius 3 is 2.91 bits per heavy atom. The summed E-state index contributed by atoms with van der Waals surface area (Å²) < 4.78 is 35.6. The van der Waals surface area contributed by atoms with Crippen LogP contribution < -0.4 is 4.72 Å². The highest BCUT2D eigenvalue weighted by Gasteiger charge is 2.45. The highest BCUT2D eigenvalue weighted by molar-refractivity contribution is 7.88. The number of ether oxygens (including phenoxy) is 1. The second-order valence-electron chi connectivity index (χ2n) is 5.95. The Kier molecular flexibility index (Phi) is 3.96. The molecule has 122 valence electrons. The molecule has 2 fully saturated rings. The molecule has 2 aliphatic heterocycles. The van der Waals surface area contributed by atoms with Crippen LogP contribution in [0, 0.1) is 18.8 Å². The minimum atomic E-state index is -3.22. The lowest BCUT2D eigenvalue weighted by Crippen LogP contribution is -2.35. The molecule has 1 aromatic rings. The summed E-state index contributed by atoms with van der Waals surface area (Å²) in [6, 6.07) is 1.61. The minimum Gasteiger partial charge on any atom is -0.376 e. The van der Waals surface area contributed by atoms with E-state index in [1.807, 2.05) is 0 Å². The summed E-state index contributed by atoms with van der Waals surface area (Å²) in [5, 5.41) is 3.74. The first kappa shape index (κ1) is 15.4. The van der Waals surface area contributed by atoms with Crippen LogP contribution in [0.3, 0.4) is 0 Å². The van der Waals surface area contributed by atoms with E-state index in [4.69, 9.17) is 9.26 Å². The van der Waals surface area contributed by atoms with E-state index in [-0.39, 0.29) is 23.8 Å². The van der Waals surface area contributed by atoms with Gasteiger partial charge in [-0.05, 0) is 6.92 Å². The van der Waals surface area contributed by atoms with Crippen LogP contribution in [-0.4, -0.2) is 63.0 Å². The van der Waals surface area contributed by atoms with Gasteiger partial charge in [0.15, 0.2) is 5.69 Å². The van der Waals surface area contributed by atoms with Crippen molar-refractivity contribution in [1.82, 2.24) is 14.8 Å². The smallest absolute Gasteiger partial charge is 0.276 e. The molecule has 2 aliphatic rings. The van der Waals surface area contributed by atoms with E-state index in [0.29, 0.717) is 37.7 Å². The molecule has 9 heteroatoms. The minimum absolute atomic E-state index is 0.0386. The predicted molar refractivity (Wildman–Crippen MR) is 76.7 cm³/mol. The van der Waals surface area contributed by atoms with Gasteiger partial charge >= 0.3 is 0 Å². The van der Waals surface area contributed by atoms with E-state index >= 15 is 0 Å². The lowest BCUT2D eigenvalue weighted by molar-refractivity contribution is 0.0670. The normalized spacial score (nSPS) is 28.1. The zero-order chi connectivity index (χ0) is 15.9. The second kappa shape index (κ2) is 5.64. The Hall–Kier alpha value is -1.45. The van der Waals surface area contributed by atoms with Crippen LogP contribution in [0.1, 0.15) is 16.2 Å². The Bertz CT molecular complexity index is 671. The van der Waals surface area contributed by atoms with E-state index in [2.05, 4.69) is 9.88 Å². The highest BCUT2D eigenvalue weighted by Crippen LogP contribution is 2.34. The fraction of sp³-hybridized carbons (Fsp3) is 0.692. The van der Waals surface area contributed by atoms with Gasteiger partial charge in [0.1, 0.15) is 5.76 Å². The molecule has 0 spiro atoms. The predicted octanol–water partition coefficient (Wildman–Crippen LogP) is -0.381. The molecule has 8 nitrogen and oxygen atoms in total. The van der Waals surface area contributed by atoms with E-state index in [1.165, 1.54) is 0 Å². The molecular formula is C13H19N3O5S. The SMILES string of the molecule is Cc1cc(C(=O)N2C[C@@H]3[C@@H](CNS(C)(=O)=O)CO[C@@H]3C2)no1. The van der Waals surface area contributed by atoms with Crippen molar-refractivity contribution in [2.45, 2.75) is 13.0 Å². The summed E-state index contributed by atoms with van der Waals surface area (Å²) in [5.74, 6) is 0.640. The molecule has 0 aromatic carbocycles. The van der Waals surface area contributed by atoms with Crippen molar-refractivity contribution in [2.75, 3.05) is 32.5 Å². The van der Waals surface area contributed by atoms with Gasteiger partial charge in [-0.25, -0.2) is 13.1 Å². The molecule has 0 radical (unpaired) electrons. The number of likely N-dealkylation sites (tertiary alicyclic amines) is 1. The maximum Gasteiger partial charge on any atom is 0.276 e. The van der Waals surface area contributed by atoms with Crippen LogP contribution in [0.4, 0.5) is 0 Å². The van der Waals surface area contributed by atoms with Crippen molar-refractivity contribution in [1.29, 1.82) is 0 Å². The van der Waals surface area contributed by atoms with Crippen molar-refractivity contribution in [3.05, 3.63) is 17.5 Å². The average molecular weight is 329 g/mol. The van der Waals surface area contributed by atoms with Crippen LogP contribution >= 0.6 is 0 Å². The maximum absolute atomic E-state index is 12.4. The second-order valence-corrected chi connectivity index (χ2v) is 7.78. The average Bonchev–Trinajstić information content (AvgIpc) is 3.09. The Balaban J connectivity index is 1.63. The van der Waals surface area contributed by atoms with Crippen molar-refractivity contribution in [3.63, 3.8) is 0 Å². The Labute approximate surface area is 128 Å². The number of hydrogen-bond donors (Lipinski definition) is 1. The van der Waals surface area contributed by atoms with Crippen LogP contribution in [0.2, 0.25) is 0 Å². The van der Waals surface area contributed by atoms with E-state index in [1.54, 1.807) is 17.9 Å².